The van der Waals surface area contributed by atoms with Crippen molar-refractivity contribution < 1.29 is 37.3 Å². The number of carboxylic acids is 1. The highest BCUT2D eigenvalue weighted by Gasteiger charge is 2.50. The van der Waals surface area contributed by atoms with Crippen molar-refractivity contribution in [1.29, 1.82) is 0 Å². The Morgan fingerprint density at radius 2 is 2.07 bits per heavy atom. The van der Waals surface area contributed by atoms with E-state index in [0.717, 1.165) is 0 Å². The number of halogens is 3. The molecule has 3 aliphatic rings. The van der Waals surface area contributed by atoms with E-state index in [2.05, 4.69) is 25.8 Å². The van der Waals surface area contributed by atoms with Gasteiger partial charge >= 0.3 is 11.4 Å². The number of hydrogen-bond donors (Lipinski definition) is 1. The average molecular weight is 626 g/mol. The third-order valence-electron chi connectivity index (χ3n) is 8.51. The molecule has 3 aromatic heterocycles. The van der Waals surface area contributed by atoms with Gasteiger partial charge in [0.05, 0.1) is 32.4 Å². The Labute approximate surface area is 254 Å². The molecule has 0 saturated carbocycles. The van der Waals surface area contributed by atoms with Crippen molar-refractivity contribution in [3.63, 3.8) is 0 Å². The molecule has 1 spiro atoms. The molecule has 14 heteroatoms. The maximum atomic E-state index is 14.4. The number of hydrogen-bond acceptors (Lipinski definition) is 10. The molecule has 0 unspecified atom stereocenters. The van der Waals surface area contributed by atoms with Gasteiger partial charge in [-0.2, -0.15) is 8.78 Å². The van der Waals surface area contributed by atoms with Gasteiger partial charge in [-0.25, -0.2) is 19.7 Å². The van der Waals surface area contributed by atoms with E-state index in [1.165, 1.54) is 11.1 Å². The predicted octanol–water partition coefficient (Wildman–Crippen LogP) is 4.15. The SMILES string of the molecule is C#Cc1cnc(O[C@H]2C[C@@H](C(=O)O)N(c3nc(C(F)(F)Cl)nc4c3oc3ccccc34)C2)c(N2CCOC3(COC3)[C@@H]2C)c1. The number of aromatic nitrogens is 3. The number of pyridine rings is 1. The fourth-order valence-electron chi connectivity index (χ4n) is 6.13. The van der Waals surface area contributed by atoms with E-state index in [0.29, 0.717) is 48.6 Å². The average Bonchev–Trinajstić information content (AvgIpc) is 3.58. The maximum Gasteiger partial charge on any atom is 0.381 e. The molecule has 3 fully saturated rings. The number of benzene rings is 1. The van der Waals surface area contributed by atoms with Gasteiger partial charge in [0.25, 0.3) is 0 Å². The second-order valence-electron chi connectivity index (χ2n) is 11.1. The number of alkyl halides is 3. The molecule has 228 valence electrons. The van der Waals surface area contributed by atoms with E-state index in [4.69, 9.17) is 36.7 Å². The molecular weight excluding hydrogens is 600 g/mol. The Morgan fingerprint density at radius 1 is 1.27 bits per heavy atom. The van der Waals surface area contributed by atoms with Crippen LogP contribution in [0.1, 0.15) is 24.7 Å². The predicted molar refractivity (Wildman–Crippen MR) is 155 cm³/mol. The van der Waals surface area contributed by atoms with Gasteiger partial charge in [0.2, 0.25) is 11.7 Å². The van der Waals surface area contributed by atoms with Crippen LogP contribution in [0.15, 0.2) is 40.9 Å². The molecule has 44 heavy (non-hydrogen) atoms. The largest absolute Gasteiger partial charge is 0.480 e. The lowest BCUT2D eigenvalue weighted by atomic mass is 9.90. The topological polar surface area (TPSA) is 123 Å². The number of carbonyl (C=O) groups is 1. The molecule has 3 saturated heterocycles. The van der Waals surface area contributed by atoms with Gasteiger partial charge in [-0.05, 0) is 36.7 Å². The Kier molecular flexibility index (Phi) is 6.76. The van der Waals surface area contributed by atoms with Crippen molar-refractivity contribution >= 4 is 51.1 Å². The molecule has 7 rings (SSSR count). The van der Waals surface area contributed by atoms with Gasteiger partial charge < -0.3 is 33.5 Å². The number of anilines is 2. The van der Waals surface area contributed by atoms with Crippen LogP contribution in [-0.4, -0.2) is 82.7 Å². The van der Waals surface area contributed by atoms with Gasteiger partial charge in [0, 0.05) is 30.1 Å². The highest BCUT2D eigenvalue weighted by Crippen LogP contribution is 2.42. The van der Waals surface area contributed by atoms with Crippen LogP contribution in [0.5, 0.6) is 5.88 Å². The summed E-state index contributed by atoms with van der Waals surface area (Å²) >= 11 is 5.36. The zero-order valence-corrected chi connectivity index (χ0v) is 24.1. The number of furan rings is 1. The van der Waals surface area contributed by atoms with Crippen molar-refractivity contribution in [2.45, 2.75) is 42.5 Å². The summed E-state index contributed by atoms with van der Waals surface area (Å²) in [5, 5.41) is 6.76. The molecule has 3 aliphatic heterocycles. The first-order valence-corrected chi connectivity index (χ1v) is 14.3. The van der Waals surface area contributed by atoms with Crippen LogP contribution in [0.2, 0.25) is 0 Å². The normalized spacial score (nSPS) is 23.2. The molecule has 0 radical (unpaired) electrons. The maximum absolute atomic E-state index is 14.4. The number of rotatable bonds is 6. The fraction of sp³-hybridized carbons (Fsp3) is 0.400. The quantitative estimate of drug-likeness (QED) is 0.246. The van der Waals surface area contributed by atoms with Crippen LogP contribution in [0.4, 0.5) is 20.3 Å². The van der Waals surface area contributed by atoms with E-state index in [9.17, 15) is 18.7 Å². The van der Waals surface area contributed by atoms with Crippen molar-refractivity contribution in [3.05, 3.63) is 47.9 Å². The van der Waals surface area contributed by atoms with Gasteiger partial charge in [-0.1, -0.05) is 18.1 Å². The van der Waals surface area contributed by atoms with Crippen LogP contribution in [0.25, 0.3) is 22.1 Å². The van der Waals surface area contributed by atoms with Crippen molar-refractivity contribution in [3.8, 4) is 18.2 Å². The molecule has 6 heterocycles. The Morgan fingerprint density at radius 3 is 2.77 bits per heavy atom. The van der Waals surface area contributed by atoms with E-state index in [-0.39, 0.29) is 41.8 Å². The highest BCUT2D eigenvalue weighted by atomic mass is 35.5. The summed E-state index contributed by atoms with van der Waals surface area (Å²) in [5.74, 6) is 0.582. The summed E-state index contributed by atoms with van der Waals surface area (Å²) in [7, 11) is 0. The van der Waals surface area contributed by atoms with Crippen LogP contribution in [0, 0.1) is 12.3 Å². The molecule has 0 aliphatic carbocycles. The highest BCUT2D eigenvalue weighted by molar-refractivity contribution is 6.21. The van der Waals surface area contributed by atoms with Gasteiger partial charge in [0.1, 0.15) is 34.5 Å². The first-order chi connectivity index (χ1) is 21.1. The van der Waals surface area contributed by atoms with Gasteiger partial charge in [-0.15, -0.1) is 6.42 Å². The standard InChI is InChI=1S/C30H26ClF2N5O6/c1-3-17-10-20(37-8-9-42-29(16(37)2)14-41-15-29)26(34-12-17)43-18-11-21(27(39)40)38(13-18)25-24-23(35-28(36-25)30(31,32)33)19-6-4-5-7-22(19)44-24/h1,4-7,10,12,16,18,21H,8-9,11,13-15H2,2H3,(H,39,40)/t16-,18-,21-/m0/s1. The van der Waals surface area contributed by atoms with Crippen molar-refractivity contribution in [1.82, 2.24) is 15.0 Å². The number of carboxylic acid groups (broad SMARTS) is 1. The number of morpholine rings is 1. The molecule has 1 N–H and O–H groups in total. The molecular formula is C30H26ClF2N5O6. The lowest BCUT2D eigenvalue weighted by Gasteiger charge is -2.53. The number of para-hydroxylation sites is 1. The number of fused-ring (bicyclic) bond motifs is 3. The number of ether oxygens (including phenoxy) is 3. The summed E-state index contributed by atoms with van der Waals surface area (Å²) in [6.07, 6.45) is 6.48. The molecule has 11 nitrogen and oxygen atoms in total. The Hall–Kier alpha value is -4.25. The summed E-state index contributed by atoms with van der Waals surface area (Å²) in [6, 6.07) is 7.28. The molecule has 0 bridgehead atoms. The molecule has 1 aromatic carbocycles. The minimum absolute atomic E-state index is 0.00209. The fourth-order valence-corrected chi connectivity index (χ4v) is 6.21. The van der Waals surface area contributed by atoms with E-state index in [1.54, 1.807) is 30.3 Å². The van der Waals surface area contributed by atoms with Crippen molar-refractivity contribution in [2.75, 3.05) is 42.7 Å². The number of aliphatic carboxylic acids is 1. The minimum Gasteiger partial charge on any atom is -0.480 e. The second kappa shape index (κ2) is 10.4. The first-order valence-electron chi connectivity index (χ1n) is 14.0. The molecule has 4 aromatic rings. The Balaban J connectivity index is 1.26. The Bertz CT molecular complexity index is 1820. The van der Waals surface area contributed by atoms with Crippen molar-refractivity contribution in [2.24, 2.45) is 0 Å². The van der Waals surface area contributed by atoms with Crippen LogP contribution in [0.3, 0.4) is 0 Å². The lowest BCUT2D eigenvalue weighted by molar-refractivity contribution is -0.228. The van der Waals surface area contributed by atoms with Gasteiger partial charge in [-0.3, -0.25) is 0 Å². The van der Waals surface area contributed by atoms with Crippen LogP contribution >= 0.6 is 11.6 Å². The van der Waals surface area contributed by atoms with E-state index in [1.807, 2.05) is 6.92 Å². The summed E-state index contributed by atoms with van der Waals surface area (Å²) in [4.78, 5) is 28.5. The zero-order chi connectivity index (χ0) is 30.8. The van der Waals surface area contributed by atoms with Crippen LogP contribution in [-0.2, 0) is 19.6 Å². The monoisotopic (exact) mass is 625 g/mol. The first kappa shape index (κ1) is 28.5. The zero-order valence-electron chi connectivity index (χ0n) is 23.4. The number of terminal acetylenes is 1. The second-order valence-corrected chi connectivity index (χ2v) is 11.6. The minimum atomic E-state index is -3.91. The van der Waals surface area contributed by atoms with E-state index < -0.39 is 34.9 Å². The third-order valence-corrected chi connectivity index (χ3v) is 8.67. The molecule has 3 atom stereocenters. The third kappa shape index (κ3) is 4.65. The van der Waals surface area contributed by atoms with Crippen LogP contribution < -0.4 is 14.5 Å². The lowest BCUT2D eigenvalue weighted by Crippen LogP contribution is -2.68. The summed E-state index contributed by atoms with van der Waals surface area (Å²) in [5.41, 5.74) is 1.26. The van der Waals surface area contributed by atoms with E-state index >= 15 is 0 Å². The summed E-state index contributed by atoms with van der Waals surface area (Å²) < 4.78 is 52.6. The van der Waals surface area contributed by atoms with Gasteiger partial charge in [0.15, 0.2) is 11.4 Å². The smallest absolute Gasteiger partial charge is 0.381 e. The molecule has 0 amide bonds. The number of nitrogens with zero attached hydrogens (tertiary/aromatic N) is 5. The summed E-state index contributed by atoms with van der Waals surface area (Å²) in [6.45, 7) is 3.93.